The molecule has 2 rings (SSSR count). The summed E-state index contributed by atoms with van der Waals surface area (Å²) in [7, 11) is 0. The van der Waals surface area contributed by atoms with Gasteiger partial charge >= 0.3 is 5.97 Å². The Morgan fingerprint density at radius 2 is 2.10 bits per heavy atom. The maximum absolute atomic E-state index is 11.3. The average Bonchev–Trinajstić information content (AvgIpc) is 2.77. The fourth-order valence-electron chi connectivity index (χ4n) is 2.76. The highest BCUT2D eigenvalue weighted by atomic mass is 35.5. The number of aliphatic hydroxyl groups is 1. The molecule has 110 valence electrons. The van der Waals surface area contributed by atoms with Gasteiger partial charge in [-0.3, -0.25) is 4.79 Å². The summed E-state index contributed by atoms with van der Waals surface area (Å²) in [5, 5.41) is 19.7. The minimum Gasteiger partial charge on any atom is -0.481 e. The molecule has 0 aromatic heterocycles. The lowest BCUT2D eigenvalue weighted by Crippen LogP contribution is -2.28. The van der Waals surface area contributed by atoms with E-state index in [1.165, 1.54) is 0 Å². The monoisotopic (exact) mass is 296 g/mol. The lowest BCUT2D eigenvalue weighted by atomic mass is 9.84. The molecule has 1 aliphatic rings. The molecule has 1 saturated carbocycles. The van der Waals surface area contributed by atoms with Crippen molar-refractivity contribution >= 4 is 17.6 Å². The first-order chi connectivity index (χ1) is 9.32. The predicted molar refractivity (Wildman–Crippen MR) is 79.2 cm³/mol. The van der Waals surface area contributed by atoms with Crippen LogP contribution in [0.4, 0.5) is 0 Å². The standard InChI is InChI=1S/C16H21ClO3/c1-16(2,15(19)20)12-7-6-10(13(17)9-12)8-11-4-3-5-14(11)18/h6-7,9,11,14,18H,3-5,8H2,1-2H3,(H,19,20)/t11-,14+/m0/s1. The zero-order valence-electron chi connectivity index (χ0n) is 11.9. The van der Waals surface area contributed by atoms with Crippen molar-refractivity contribution in [3.63, 3.8) is 0 Å². The number of carboxylic acid groups (broad SMARTS) is 1. The molecule has 0 unspecified atom stereocenters. The molecule has 0 saturated heterocycles. The van der Waals surface area contributed by atoms with E-state index in [0.717, 1.165) is 31.2 Å². The van der Waals surface area contributed by atoms with Gasteiger partial charge in [0.15, 0.2) is 0 Å². The highest BCUT2D eigenvalue weighted by molar-refractivity contribution is 6.31. The lowest BCUT2D eigenvalue weighted by Gasteiger charge is -2.21. The van der Waals surface area contributed by atoms with E-state index < -0.39 is 11.4 Å². The largest absolute Gasteiger partial charge is 0.481 e. The van der Waals surface area contributed by atoms with Crippen LogP contribution in [0, 0.1) is 5.92 Å². The van der Waals surface area contributed by atoms with E-state index in [9.17, 15) is 15.0 Å². The molecule has 3 nitrogen and oxygen atoms in total. The number of hydrogen-bond donors (Lipinski definition) is 2. The number of aliphatic hydroxyl groups excluding tert-OH is 1. The van der Waals surface area contributed by atoms with E-state index in [1.807, 2.05) is 12.1 Å². The Morgan fingerprint density at radius 1 is 1.40 bits per heavy atom. The van der Waals surface area contributed by atoms with E-state index in [2.05, 4.69) is 0 Å². The van der Waals surface area contributed by atoms with Crippen LogP contribution < -0.4 is 0 Å². The van der Waals surface area contributed by atoms with Crippen molar-refractivity contribution in [2.45, 2.75) is 51.0 Å². The molecule has 2 atom stereocenters. The topological polar surface area (TPSA) is 57.5 Å². The van der Waals surface area contributed by atoms with Crippen molar-refractivity contribution in [2.75, 3.05) is 0 Å². The molecule has 0 heterocycles. The molecule has 0 amide bonds. The SMILES string of the molecule is CC(C)(C(=O)O)c1ccc(C[C@@H]2CCC[C@H]2O)c(Cl)c1. The first-order valence-corrected chi connectivity index (χ1v) is 7.40. The van der Waals surface area contributed by atoms with Gasteiger partial charge in [-0.25, -0.2) is 0 Å². The molecule has 1 fully saturated rings. The van der Waals surface area contributed by atoms with E-state index in [0.29, 0.717) is 10.6 Å². The Balaban J connectivity index is 2.20. The van der Waals surface area contributed by atoms with Crippen molar-refractivity contribution in [2.24, 2.45) is 5.92 Å². The van der Waals surface area contributed by atoms with Gasteiger partial charge in [0, 0.05) is 5.02 Å². The van der Waals surface area contributed by atoms with Crippen LogP contribution in [0.3, 0.4) is 0 Å². The van der Waals surface area contributed by atoms with Gasteiger partial charge in [-0.15, -0.1) is 0 Å². The number of carboxylic acids is 1. The number of aliphatic carboxylic acids is 1. The number of rotatable bonds is 4. The van der Waals surface area contributed by atoms with E-state index in [1.54, 1.807) is 19.9 Å². The van der Waals surface area contributed by atoms with Crippen LogP contribution in [0.1, 0.15) is 44.2 Å². The van der Waals surface area contributed by atoms with Gasteiger partial charge in [0.2, 0.25) is 0 Å². The van der Waals surface area contributed by atoms with E-state index >= 15 is 0 Å². The van der Waals surface area contributed by atoms with Gasteiger partial charge < -0.3 is 10.2 Å². The molecule has 0 bridgehead atoms. The smallest absolute Gasteiger partial charge is 0.313 e. The zero-order valence-corrected chi connectivity index (χ0v) is 12.7. The second kappa shape index (κ2) is 5.74. The molecule has 4 heteroatoms. The van der Waals surface area contributed by atoms with Crippen molar-refractivity contribution in [1.29, 1.82) is 0 Å². The molecule has 0 aliphatic heterocycles. The van der Waals surface area contributed by atoms with Crippen molar-refractivity contribution in [3.8, 4) is 0 Å². The van der Waals surface area contributed by atoms with Gasteiger partial charge in [0.25, 0.3) is 0 Å². The van der Waals surface area contributed by atoms with Crippen LogP contribution in [0.5, 0.6) is 0 Å². The molecule has 1 aliphatic carbocycles. The van der Waals surface area contributed by atoms with Crippen molar-refractivity contribution < 1.29 is 15.0 Å². The summed E-state index contributed by atoms with van der Waals surface area (Å²) < 4.78 is 0. The van der Waals surface area contributed by atoms with Gasteiger partial charge in [0.1, 0.15) is 0 Å². The van der Waals surface area contributed by atoms with E-state index in [-0.39, 0.29) is 12.0 Å². The van der Waals surface area contributed by atoms with Crippen LogP contribution in [-0.2, 0) is 16.6 Å². The molecular formula is C16H21ClO3. The summed E-state index contributed by atoms with van der Waals surface area (Å²) >= 11 is 6.29. The summed E-state index contributed by atoms with van der Waals surface area (Å²) in [5.41, 5.74) is 0.739. The van der Waals surface area contributed by atoms with Gasteiger partial charge in [0.05, 0.1) is 11.5 Å². The summed E-state index contributed by atoms with van der Waals surface area (Å²) in [6.45, 7) is 3.34. The fourth-order valence-corrected chi connectivity index (χ4v) is 3.02. The summed E-state index contributed by atoms with van der Waals surface area (Å²) in [5.74, 6) is -0.599. The maximum Gasteiger partial charge on any atom is 0.313 e. The Labute approximate surface area is 124 Å². The van der Waals surface area contributed by atoms with Gasteiger partial charge in [-0.05, 0) is 56.2 Å². The van der Waals surface area contributed by atoms with Crippen LogP contribution in [-0.4, -0.2) is 22.3 Å². The second-order valence-electron chi connectivity index (χ2n) is 6.20. The minimum absolute atomic E-state index is 0.235. The fraction of sp³-hybridized carbons (Fsp3) is 0.562. The van der Waals surface area contributed by atoms with Gasteiger partial charge in [-0.1, -0.05) is 30.2 Å². The minimum atomic E-state index is -0.949. The normalized spacial score (nSPS) is 23.0. The average molecular weight is 297 g/mol. The van der Waals surface area contributed by atoms with Crippen LogP contribution in [0.25, 0.3) is 0 Å². The number of carbonyl (C=O) groups is 1. The van der Waals surface area contributed by atoms with Crippen LogP contribution in [0.15, 0.2) is 18.2 Å². The molecule has 0 spiro atoms. The molecule has 1 aromatic carbocycles. The second-order valence-corrected chi connectivity index (χ2v) is 6.61. The Kier molecular flexibility index (Phi) is 4.40. The zero-order chi connectivity index (χ0) is 14.9. The summed E-state index contributed by atoms with van der Waals surface area (Å²) in [6.07, 6.45) is 3.48. The highest BCUT2D eigenvalue weighted by Gasteiger charge is 2.30. The third kappa shape index (κ3) is 2.99. The molecular weight excluding hydrogens is 276 g/mol. The summed E-state index contributed by atoms with van der Waals surface area (Å²) in [6, 6.07) is 5.47. The first-order valence-electron chi connectivity index (χ1n) is 7.02. The number of hydrogen-bond acceptors (Lipinski definition) is 2. The molecule has 2 N–H and O–H groups in total. The lowest BCUT2D eigenvalue weighted by molar-refractivity contribution is -0.142. The quantitative estimate of drug-likeness (QED) is 0.895. The Morgan fingerprint density at radius 3 is 2.60 bits per heavy atom. The third-order valence-corrected chi connectivity index (χ3v) is 4.76. The number of benzene rings is 1. The first kappa shape index (κ1) is 15.3. The Bertz CT molecular complexity index is 510. The van der Waals surface area contributed by atoms with Crippen LogP contribution in [0.2, 0.25) is 5.02 Å². The Hall–Kier alpha value is -1.06. The third-order valence-electron chi connectivity index (χ3n) is 4.41. The van der Waals surface area contributed by atoms with Crippen LogP contribution >= 0.6 is 11.6 Å². The van der Waals surface area contributed by atoms with E-state index in [4.69, 9.17) is 11.6 Å². The molecule has 0 radical (unpaired) electrons. The van der Waals surface area contributed by atoms with Gasteiger partial charge in [-0.2, -0.15) is 0 Å². The van der Waals surface area contributed by atoms with Crippen molar-refractivity contribution in [1.82, 2.24) is 0 Å². The maximum atomic E-state index is 11.3. The van der Waals surface area contributed by atoms with Crippen molar-refractivity contribution in [3.05, 3.63) is 34.3 Å². The highest BCUT2D eigenvalue weighted by Crippen LogP contribution is 2.33. The predicted octanol–water partition coefficient (Wildman–Crippen LogP) is 3.41. The number of halogens is 1. The molecule has 1 aromatic rings. The summed E-state index contributed by atoms with van der Waals surface area (Å²) in [4.78, 5) is 11.3. The molecule has 20 heavy (non-hydrogen) atoms.